The predicted octanol–water partition coefficient (Wildman–Crippen LogP) is 4.05. The summed E-state index contributed by atoms with van der Waals surface area (Å²) in [5, 5.41) is 13.3. The van der Waals surface area contributed by atoms with Gasteiger partial charge in [0.05, 0.1) is 27.4 Å². The lowest BCUT2D eigenvalue weighted by Crippen LogP contribution is -2.15. The number of nitro benzene ring substituents is 1. The highest BCUT2D eigenvalue weighted by Crippen LogP contribution is 2.30. The van der Waals surface area contributed by atoms with Gasteiger partial charge in [-0.05, 0) is 36.4 Å². The van der Waals surface area contributed by atoms with Crippen molar-refractivity contribution < 1.29 is 18.9 Å². The summed E-state index contributed by atoms with van der Waals surface area (Å²) < 4.78 is 15.4. The molecule has 2 aromatic carbocycles. The summed E-state index contributed by atoms with van der Waals surface area (Å²) in [6.45, 7) is 0. The fourth-order valence-corrected chi connectivity index (χ4v) is 3.32. The topological polar surface area (TPSA) is 120 Å². The number of rotatable bonds is 5. The van der Waals surface area contributed by atoms with Crippen LogP contribution in [0.3, 0.4) is 0 Å². The third-order valence-electron chi connectivity index (χ3n) is 4.79. The molecule has 0 saturated carbocycles. The zero-order valence-electron chi connectivity index (χ0n) is 15.9. The van der Waals surface area contributed by atoms with Gasteiger partial charge >= 0.3 is 0 Å². The van der Waals surface area contributed by atoms with E-state index < -0.39 is 22.4 Å². The van der Waals surface area contributed by atoms with Crippen LogP contribution in [0.25, 0.3) is 5.52 Å². The standard InChI is InChI=1S/C22H15FN4O4/c23-15-5-1-2-6-16(15)25-22(29)18-17-7-3-4-12-26(17)20(19(18)24)21(28)13-8-10-14(11-9-13)27(30)31/h1-12H,24H2,(H,25,29). The number of nitrogens with one attached hydrogen (secondary N) is 1. The molecule has 8 nitrogen and oxygen atoms in total. The van der Waals surface area contributed by atoms with Crippen LogP contribution in [0.4, 0.5) is 21.5 Å². The minimum Gasteiger partial charge on any atom is -0.396 e. The number of non-ortho nitro benzene ring substituents is 1. The zero-order chi connectivity index (χ0) is 22.1. The number of amides is 1. The number of nitrogens with zero attached hydrogens (tertiary/aromatic N) is 2. The van der Waals surface area contributed by atoms with E-state index in [-0.39, 0.29) is 33.9 Å². The number of nitrogens with two attached hydrogens (primary N) is 1. The van der Waals surface area contributed by atoms with Crippen molar-refractivity contribution in [1.82, 2.24) is 4.40 Å². The van der Waals surface area contributed by atoms with Gasteiger partial charge in [0, 0.05) is 23.9 Å². The van der Waals surface area contributed by atoms with Gasteiger partial charge in [0.2, 0.25) is 5.78 Å². The fraction of sp³-hybridized carbons (Fsp3) is 0. The number of carbonyl (C=O) groups is 2. The van der Waals surface area contributed by atoms with Crippen molar-refractivity contribution in [3.63, 3.8) is 0 Å². The molecule has 31 heavy (non-hydrogen) atoms. The first-order chi connectivity index (χ1) is 14.9. The number of ketones is 1. The Balaban J connectivity index is 1.80. The highest BCUT2D eigenvalue weighted by Gasteiger charge is 2.26. The molecule has 0 fully saturated rings. The lowest BCUT2D eigenvalue weighted by Gasteiger charge is -2.06. The van der Waals surface area contributed by atoms with Crippen molar-refractivity contribution in [2.24, 2.45) is 0 Å². The van der Waals surface area contributed by atoms with E-state index in [2.05, 4.69) is 5.32 Å². The molecule has 0 aliphatic heterocycles. The van der Waals surface area contributed by atoms with Crippen molar-refractivity contribution in [2.45, 2.75) is 0 Å². The summed E-state index contributed by atoms with van der Waals surface area (Å²) in [5.74, 6) is -1.80. The predicted molar refractivity (Wildman–Crippen MR) is 113 cm³/mol. The van der Waals surface area contributed by atoms with E-state index in [9.17, 15) is 24.1 Å². The SMILES string of the molecule is Nc1c(C(=O)Nc2ccccc2F)c2ccccn2c1C(=O)c1ccc([N+](=O)[O-])cc1. The molecule has 0 aliphatic carbocycles. The molecule has 3 N–H and O–H groups in total. The van der Waals surface area contributed by atoms with Gasteiger partial charge in [0.15, 0.2) is 0 Å². The van der Waals surface area contributed by atoms with Gasteiger partial charge in [0.25, 0.3) is 11.6 Å². The minimum atomic E-state index is -0.672. The third-order valence-corrected chi connectivity index (χ3v) is 4.79. The van der Waals surface area contributed by atoms with E-state index in [1.165, 1.54) is 46.9 Å². The maximum atomic E-state index is 14.0. The number of hydrogen-bond acceptors (Lipinski definition) is 5. The number of carbonyl (C=O) groups excluding carboxylic acids is 2. The van der Waals surface area contributed by atoms with Crippen LogP contribution in [0.2, 0.25) is 0 Å². The second-order valence-corrected chi connectivity index (χ2v) is 6.66. The number of fused-ring (bicyclic) bond motifs is 1. The van der Waals surface area contributed by atoms with Crippen LogP contribution in [0.15, 0.2) is 72.9 Å². The first kappa shape index (κ1) is 19.8. The van der Waals surface area contributed by atoms with Gasteiger partial charge in [-0.15, -0.1) is 0 Å². The molecular weight excluding hydrogens is 403 g/mol. The van der Waals surface area contributed by atoms with Gasteiger partial charge in [-0.1, -0.05) is 18.2 Å². The summed E-state index contributed by atoms with van der Waals surface area (Å²) >= 11 is 0. The number of anilines is 2. The summed E-state index contributed by atoms with van der Waals surface area (Å²) in [6, 6.07) is 15.7. The lowest BCUT2D eigenvalue weighted by atomic mass is 10.1. The number of halogens is 1. The highest BCUT2D eigenvalue weighted by atomic mass is 19.1. The van der Waals surface area contributed by atoms with Crippen LogP contribution in [0, 0.1) is 15.9 Å². The maximum Gasteiger partial charge on any atom is 0.269 e. The first-order valence-electron chi connectivity index (χ1n) is 9.12. The molecule has 0 spiro atoms. The largest absolute Gasteiger partial charge is 0.396 e. The van der Waals surface area contributed by atoms with Gasteiger partial charge in [-0.2, -0.15) is 0 Å². The Kier molecular flexibility index (Phi) is 4.92. The number of hydrogen-bond donors (Lipinski definition) is 2. The number of para-hydroxylation sites is 1. The number of aromatic nitrogens is 1. The Hall–Kier alpha value is -4.53. The molecule has 4 rings (SSSR count). The second kappa shape index (κ2) is 7.71. The van der Waals surface area contributed by atoms with E-state index >= 15 is 0 Å². The number of nitro groups is 1. The average molecular weight is 418 g/mol. The highest BCUT2D eigenvalue weighted by molar-refractivity contribution is 6.20. The van der Waals surface area contributed by atoms with E-state index in [1.54, 1.807) is 30.5 Å². The summed E-state index contributed by atoms with van der Waals surface area (Å²) in [6.07, 6.45) is 1.57. The Morgan fingerprint density at radius 1 is 1.00 bits per heavy atom. The van der Waals surface area contributed by atoms with Gasteiger partial charge < -0.3 is 15.5 Å². The van der Waals surface area contributed by atoms with Crippen molar-refractivity contribution in [1.29, 1.82) is 0 Å². The van der Waals surface area contributed by atoms with Crippen LogP contribution in [0.1, 0.15) is 26.4 Å². The van der Waals surface area contributed by atoms with Gasteiger partial charge in [0.1, 0.15) is 11.5 Å². The van der Waals surface area contributed by atoms with Gasteiger partial charge in [-0.25, -0.2) is 4.39 Å². The minimum absolute atomic E-state index is 0.0223. The molecule has 1 amide bonds. The normalized spacial score (nSPS) is 10.7. The van der Waals surface area contributed by atoms with Crippen LogP contribution < -0.4 is 11.1 Å². The molecule has 0 radical (unpaired) electrons. The van der Waals surface area contributed by atoms with Crippen molar-refractivity contribution in [3.05, 3.63) is 106 Å². The van der Waals surface area contributed by atoms with Crippen LogP contribution in [-0.4, -0.2) is 21.0 Å². The van der Waals surface area contributed by atoms with Crippen molar-refractivity contribution in [3.8, 4) is 0 Å². The average Bonchev–Trinajstić information content (AvgIpc) is 3.06. The zero-order valence-corrected chi connectivity index (χ0v) is 15.9. The monoisotopic (exact) mass is 418 g/mol. The Labute approximate surface area is 174 Å². The smallest absolute Gasteiger partial charge is 0.269 e. The fourth-order valence-electron chi connectivity index (χ4n) is 3.32. The quantitative estimate of drug-likeness (QED) is 0.288. The number of benzene rings is 2. The van der Waals surface area contributed by atoms with Crippen LogP contribution in [0.5, 0.6) is 0 Å². The van der Waals surface area contributed by atoms with E-state index in [0.717, 1.165) is 0 Å². The molecule has 0 aliphatic rings. The molecule has 154 valence electrons. The first-order valence-corrected chi connectivity index (χ1v) is 9.12. The molecule has 0 atom stereocenters. The molecule has 2 aromatic heterocycles. The van der Waals surface area contributed by atoms with E-state index in [0.29, 0.717) is 5.52 Å². The molecule has 9 heteroatoms. The molecule has 0 saturated heterocycles. The number of nitrogen functional groups attached to an aromatic ring is 1. The Morgan fingerprint density at radius 2 is 1.68 bits per heavy atom. The van der Waals surface area contributed by atoms with E-state index in [4.69, 9.17) is 5.73 Å². The summed E-state index contributed by atoms with van der Waals surface area (Å²) in [7, 11) is 0. The third kappa shape index (κ3) is 3.48. The summed E-state index contributed by atoms with van der Waals surface area (Å²) in [5.41, 5.74) is 6.54. The van der Waals surface area contributed by atoms with Crippen molar-refractivity contribution in [2.75, 3.05) is 11.1 Å². The molecule has 0 unspecified atom stereocenters. The maximum absolute atomic E-state index is 14.0. The Morgan fingerprint density at radius 3 is 2.35 bits per heavy atom. The molecule has 2 heterocycles. The molecule has 4 aromatic rings. The van der Waals surface area contributed by atoms with Crippen LogP contribution >= 0.6 is 0 Å². The molecular formula is C22H15FN4O4. The molecule has 0 bridgehead atoms. The van der Waals surface area contributed by atoms with Crippen molar-refractivity contribution >= 4 is 34.3 Å². The van der Waals surface area contributed by atoms with E-state index in [1.807, 2.05) is 0 Å². The number of pyridine rings is 1. The lowest BCUT2D eigenvalue weighted by molar-refractivity contribution is -0.384. The second-order valence-electron chi connectivity index (χ2n) is 6.66. The van der Waals surface area contributed by atoms with Crippen LogP contribution in [-0.2, 0) is 0 Å². The summed E-state index contributed by atoms with van der Waals surface area (Å²) in [4.78, 5) is 36.4. The Bertz CT molecular complexity index is 1350. The van der Waals surface area contributed by atoms with Gasteiger partial charge in [-0.3, -0.25) is 19.7 Å².